The van der Waals surface area contributed by atoms with Crippen LogP contribution in [0.3, 0.4) is 0 Å². The third kappa shape index (κ3) is 8.34. The Balaban J connectivity index is 1.23. The van der Waals surface area contributed by atoms with Crippen molar-refractivity contribution in [2.24, 2.45) is 5.92 Å². The molecule has 322 valence electrons. The van der Waals surface area contributed by atoms with Crippen LogP contribution in [0.25, 0.3) is 10.8 Å². The third-order valence-electron chi connectivity index (χ3n) is 11.7. The summed E-state index contributed by atoms with van der Waals surface area (Å²) < 4.78 is 97.5. The molecule has 3 aliphatic heterocycles. The first kappa shape index (κ1) is 42.3. The van der Waals surface area contributed by atoms with Gasteiger partial charge in [0.05, 0.1) is 23.5 Å². The van der Waals surface area contributed by atoms with Gasteiger partial charge in [0.25, 0.3) is 5.91 Å². The van der Waals surface area contributed by atoms with E-state index in [2.05, 4.69) is 20.3 Å². The summed E-state index contributed by atoms with van der Waals surface area (Å²) in [5.74, 6) is -2.09. The molecule has 3 fully saturated rings. The molecular formula is C39H48F3N5O11S. The zero-order valence-electron chi connectivity index (χ0n) is 33.2. The Bertz CT molecular complexity index is 2160. The molecule has 2 aromatic rings. The summed E-state index contributed by atoms with van der Waals surface area (Å²) >= 11 is 0. The number of hydrogen-bond donors (Lipinski definition) is 3. The van der Waals surface area contributed by atoms with E-state index < -0.39 is 92.2 Å². The molecular weight excluding hydrogens is 804 g/mol. The number of alkyl carbamates (subject to hydrolysis) is 1. The first-order valence-corrected chi connectivity index (χ1v) is 21.0. The minimum atomic E-state index is -4.95. The Morgan fingerprint density at radius 1 is 1.07 bits per heavy atom. The fourth-order valence-corrected chi connectivity index (χ4v) is 8.85. The normalized spacial score (nSPS) is 30.1. The van der Waals surface area contributed by atoms with Crippen molar-refractivity contribution in [3.63, 3.8) is 0 Å². The number of ether oxygens (including phenoxy) is 5. The number of nitrogens with one attached hydrogen (secondary N) is 3. The number of allylic oxidation sites excluding steroid dienone is 1. The van der Waals surface area contributed by atoms with Crippen molar-refractivity contribution < 1.29 is 64.5 Å². The summed E-state index contributed by atoms with van der Waals surface area (Å²) in [6.07, 6.45) is -2.69. The molecule has 7 atom stereocenters. The summed E-state index contributed by atoms with van der Waals surface area (Å²) in [6, 6.07) is 2.09. The summed E-state index contributed by atoms with van der Waals surface area (Å²) in [6.45, 7) is 6.43. The summed E-state index contributed by atoms with van der Waals surface area (Å²) in [5, 5.41) is 6.20. The lowest BCUT2D eigenvalue weighted by atomic mass is 10.1. The lowest BCUT2D eigenvalue weighted by Crippen LogP contribution is -2.60. The third-order valence-corrected chi connectivity index (χ3v) is 13.9. The van der Waals surface area contributed by atoms with Crippen molar-refractivity contribution >= 4 is 44.6 Å². The Labute approximate surface area is 338 Å². The van der Waals surface area contributed by atoms with Crippen LogP contribution in [0.1, 0.15) is 73.1 Å². The number of carbonyl (C=O) groups is 4. The van der Waals surface area contributed by atoms with Gasteiger partial charge in [-0.1, -0.05) is 12.2 Å². The number of sulfonamides is 1. The van der Waals surface area contributed by atoms with Crippen molar-refractivity contribution in [1.82, 2.24) is 25.2 Å². The van der Waals surface area contributed by atoms with Gasteiger partial charge in [-0.05, 0) is 84.9 Å². The van der Waals surface area contributed by atoms with Crippen LogP contribution in [0.4, 0.5) is 18.0 Å². The Kier molecular flexibility index (Phi) is 11.0. The van der Waals surface area contributed by atoms with Crippen LogP contribution < -0.4 is 29.6 Å². The molecule has 0 bridgehead atoms. The van der Waals surface area contributed by atoms with E-state index in [4.69, 9.17) is 23.7 Å². The van der Waals surface area contributed by atoms with Gasteiger partial charge in [0.15, 0.2) is 11.5 Å². The zero-order chi connectivity index (χ0) is 42.7. The molecule has 4 amide bonds. The van der Waals surface area contributed by atoms with E-state index in [0.29, 0.717) is 75.0 Å². The molecule has 0 spiro atoms. The van der Waals surface area contributed by atoms with E-state index in [1.165, 1.54) is 20.0 Å². The Morgan fingerprint density at radius 2 is 1.80 bits per heavy atom. The minimum absolute atomic E-state index is 0.0675. The Hall–Kier alpha value is -4.85. The second-order valence-corrected chi connectivity index (χ2v) is 18.8. The van der Waals surface area contributed by atoms with Gasteiger partial charge in [-0.25, -0.2) is 18.2 Å². The molecule has 7 rings (SSSR count). The summed E-state index contributed by atoms with van der Waals surface area (Å²) in [5.41, 5.74) is -4.61. The van der Waals surface area contributed by atoms with Gasteiger partial charge in [-0.2, -0.15) is 13.2 Å². The average molecular weight is 852 g/mol. The summed E-state index contributed by atoms with van der Waals surface area (Å²) in [4.78, 5) is 61.7. The van der Waals surface area contributed by atoms with Gasteiger partial charge in [0.2, 0.25) is 33.3 Å². The largest absolute Gasteiger partial charge is 0.486 e. The molecule has 20 heteroatoms. The number of rotatable bonds is 7. The van der Waals surface area contributed by atoms with E-state index in [0.717, 1.165) is 4.90 Å². The van der Waals surface area contributed by atoms with Gasteiger partial charge >= 0.3 is 12.3 Å². The van der Waals surface area contributed by atoms with E-state index in [9.17, 15) is 40.8 Å². The number of halogens is 3. The molecule has 0 unspecified atom stereocenters. The first-order chi connectivity index (χ1) is 27.6. The molecule has 4 heterocycles. The lowest BCUT2D eigenvalue weighted by molar-refractivity contribution is -0.244. The zero-order valence-corrected chi connectivity index (χ0v) is 34.0. The van der Waals surface area contributed by atoms with Crippen LogP contribution in [0, 0.1) is 5.92 Å². The van der Waals surface area contributed by atoms with Crippen LogP contribution in [0.5, 0.6) is 17.4 Å². The van der Waals surface area contributed by atoms with Crippen molar-refractivity contribution in [3.05, 3.63) is 36.5 Å². The van der Waals surface area contributed by atoms with Crippen molar-refractivity contribution in [3.8, 4) is 17.4 Å². The second kappa shape index (κ2) is 15.3. The van der Waals surface area contributed by atoms with E-state index in [1.54, 1.807) is 37.3 Å². The average Bonchev–Trinajstić information content (AvgIpc) is 4.04. The van der Waals surface area contributed by atoms with Gasteiger partial charge < -0.3 is 39.2 Å². The SMILES string of the molecule is C[C@@H]1CC/C=C\[C@@H]2C[C@@]2(C(=O)NS(=O)(=O)C2(C)CC2)NC(=O)[C@@H]2C[C@@H](Oc3nccc4c5c(ccc34)OCCO5)CN2C(=O)[C@@H](NC(=O)OC(C)(C)C(F)(F)F)[C@H](C)O1. The maximum Gasteiger partial charge on any atom is 0.427 e. The topological polar surface area (TPSA) is 201 Å². The van der Waals surface area contributed by atoms with Gasteiger partial charge in [0.1, 0.15) is 36.9 Å². The smallest absolute Gasteiger partial charge is 0.427 e. The van der Waals surface area contributed by atoms with Gasteiger partial charge in [0, 0.05) is 29.3 Å². The molecule has 2 aliphatic carbocycles. The van der Waals surface area contributed by atoms with E-state index >= 15 is 0 Å². The van der Waals surface area contributed by atoms with Gasteiger partial charge in [-0.3, -0.25) is 19.1 Å². The van der Waals surface area contributed by atoms with E-state index in [-0.39, 0.29) is 25.3 Å². The minimum Gasteiger partial charge on any atom is -0.486 e. The number of aromatic nitrogens is 1. The van der Waals surface area contributed by atoms with Gasteiger partial charge in [-0.15, -0.1) is 0 Å². The molecule has 16 nitrogen and oxygen atoms in total. The fraction of sp³-hybridized carbons (Fsp3) is 0.615. The fourth-order valence-electron chi connectivity index (χ4n) is 7.54. The predicted octanol–water partition coefficient (Wildman–Crippen LogP) is 3.81. The highest BCUT2D eigenvalue weighted by Gasteiger charge is 2.63. The van der Waals surface area contributed by atoms with Crippen LogP contribution in [0.2, 0.25) is 0 Å². The molecule has 2 saturated carbocycles. The number of carbonyl (C=O) groups excluding carboxylic acids is 4. The number of nitrogens with zero attached hydrogens (tertiary/aromatic N) is 2. The standard InChI is InChI=1S/C39H48F3N5O11S/c1-21-8-6-7-9-23-19-38(23,34(50)46-59(52,53)37(5)13-14-37)45-31(48)27-18-24(57-32-26-10-11-28-30(55-17-16-54-28)25(26)12-15-43-32)20-47(27)33(49)29(22(2)56-21)44-35(51)58-36(3,4)39(40,41)42/h7,9-12,15,21-24,27,29H,6,8,13-14,16-20H2,1-5H3,(H,44,51)(H,45,48)(H,46,50)/b9-7-/t21-,22+,23-,24-,27+,29+,38-/m1/s1. The number of fused-ring (bicyclic) bond motifs is 5. The van der Waals surface area contributed by atoms with Crippen molar-refractivity contribution in [2.75, 3.05) is 19.8 Å². The van der Waals surface area contributed by atoms with Crippen LogP contribution in [-0.2, 0) is 33.9 Å². The summed E-state index contributed by atoms with van der Waals surface area (Å²) in [7, 11) is -4.10. The van der Waals surface area contributed by atoms with Crippen LogP contribution >= 0.6 is 0 Å². The number of hydrogen-bond acceptors (Lipinski definition) is 12. The second-order valence-electron chi connectivity index (χ2n) is 16.6. The monoisotopic (exact) mass is 851 g/mol. The molecule has 0 radical (unpaired) electrons. The first-order valence-electron chi connectivity index (χ1n) is 19.6. The molecule has 1 aromatic carbocycles. The van der Waals surface area contributed by atoms with Crippen molar-refractivity contribution in [2.45, 2.75) is 126 Å². The number of benzene rings is 1. The van der Waals surface area contributed by atoms with Crippen molar-refractivity contribution in [1.29, 1.82) is 0 Å². The van der Waals surface area contributed by atoms with E-state index in [1.807, 2.05) is 0 Å². The van der Waals surface area contributed by atoms with Crippen LogP contribution in [-0.4, -0.2) is 114 Å². The molecule has 1 aromatic heterocycles. The highest BCUT2D eigenvalue weighted by Crippen LogP contribution is 2.48. The number of alkyl halides is 3. The molecule has 59 heavy (non-hydrogen) atoms. The Morgan fingerprint density at radius 3 is 2.51 bits per heavy atom. The number of pyridine rings is 1. The maximum absolute atomic E-state index is 14.7. The highest BCUT2D eigenvalue weighted by molar-refractivity contribution is 7.91. The lowest BCUT2D eigenvalue weighted by Gasteiger charge is -2.34. The predicted molar refractivity (Wildman–Crippen MR) is 203 cm³/mol. The quantitative estimate of drug-likeness (QED) is 0.341. The molecule has 1 saturated heterocycles. The highest BCUT2D eigenvalue weighted by atomic mass is 32.2. The number of amides is 4. The molecule has 5 aliphatic rings. The van der Waals surface area contributed by atoms with Crippen LogP contribution in [0.15, 0.2) is 36.5 Å². The molecule has 3 N–H and O–H groups in total. The maximum atomic E-state index is 14.7.